The number of anilines is 1. The number of amides is 1. The van der Waals surface area contributed by atoms with Crippen molar-refractivity contribution in [2.75, 3.05) is 16.9 Å². The molecule has 0 unspecified atom stereocenters. The molecule has 1 aliphatic heterocycles. The molecule has 1 aliphatic carbocycles. The molecule has 0 bridgehead atoms. The number of hydrogen-bond donors (Lipinski definition) is 1. The number of fused-ring (bicyclic) bond motifs is 3. The Bertz CT molecular complexity index is 1290. The van der Waals surface area contributed by atoms with E-state index >= 15 is 0 Å². The van der Waals surface area contributed by atoms with Crippen molar-refractivity contribution in [3.8, 4) is 0 Å². The molecule has 3 aromatic rings. The van der Waals surface area contributed by atoms with E-state index in [4.69, 9.17) is 10.7 Å². The molecule has 1 aromatic carbocycles. The summed E-state index contributed by atoms with van der Waals surface area (Å²) in [5.41, 5.74) is 10.00. The van der Waals surface area contributed by atoms with Crippen molar-refractivity contribution in [1.29, 1.82) is 0 Å². The molecule has 1 fully saturated rings. The Kier molecular flexibility index (Phi) is 4.63. The first-order valence-corrected chi connectivity index (χ1v) is 12.5. The Morgan fingerprint density at radius 3 is 2.74 bits per heavy atom. The number of hydrogen-bond acceptors (Lipinski definition) is 6. The molecule has 31 heavy (non-hydrogen) atoms. The van der Waals surface area contributed by atoms with Crippen molar-refractivity contribution in [2.45, 2.75) is 44.3 Å². The highest BCUT2D eigenvalue weighted by Crippen LogP contribution is 2.57. The van der Waals surface area contributed by atoms with Crippen LogP contribution in [-0.4, -0.2) is 40.9 Å². The van der Waals surface area contributed by atoms with E-state index < -0.39 is 15.3 Å². The Morgan fingerprint density at radius 1 is 1.23 bits per heavy atom. The zero-order valence-electron chi connectivity index (χ0n) is 17.4. The number of nitrogens with zero attached hydrogens (tertiary/aromatic N) is 4. The third-order valence-corrected chi connectivity index (χ3v) is 7.36. The zero-order chi connectivity index (χ0) is 21.8. The molecule has 1 amide bonds. The standard InChI is InChI=1S/C22H25N5O3S/c1-31(29,30)10-2-9-26-18-4-3-15(12-23)11-17(18)25-20(26)14-27-19-13-24-8-5-16(19)22(6-7-22)21(27)28/h3-5,8,11,13H,2,6-7,9-10,12,14,23H2,1H3. The molecule has 0 radical (unpaired) electrons. The van der Waals surface area contributed by atoms with Crippen LogP contribution in [0.4, 0.5) is 5.69 Å². The maximum Gasteiger partial charge on any atom is 0.238 e. The number of aryl methyl sites for hydroxylation is 1. The van der Waals surface area contributed by atoms with Crippen molar-refractivity contribution >= 4 is 32.5 Å². The summed E-state index contributed by atoms with van der Waals surface area (Å²) >= 11 is 0. The monoisotopic (exact) mass is 439 g/mol. The van der Waals surface area contributed by atoms with E-state index in [1.165, 1.54) is 6.26 Å². The number of nitrogens with two attached hydrogens (primary N) is 1. The number of benzene rings is 1. The maximum absolute atomic E-state index is 13.3. The summed E-state index contributed by atoms with van der Waals surface area (Å²) < 4.78 is 25.3. The summed E-state index contributed by atoms with van der Waals surface area (Å²) in [7, 11) is -3.06. The number of rotatable bonds is 7. The van der Waals surface area contributed by atoms with Crippen LogP contribution in [0.25, 0.3) is 11.0 Å². The van der Waals surface area contributed by atoms with Crippen molar-refractivity contribution < 1.29 is 13.2 Å². The van der Waals surface area contributed by atoms with Crippen LogP contribution >= 0.6 is 0 Å². The normalized spacial score (nSPS) is 17.0. The number of imidazole rings is 1. The highest BCUT2D eigenvalue weighted by molar-refractivity contribution is 7.90. The minimum atomic E-state index is -3.06. The number of aromatic nitrogens is 3. The SMILES string of the molecule is CS(=O)(=O)CCCn1c(CN2C(=O)C3(CC3)c3ccncc32)nc2cc(CN)ccc21. The van der Waals surface area contributed by atoms with Crippen LogP contribution < -0.4 is 10.6 Å². The fourth-order valence-electron chi connectivity index (χ4n) is 4.60. The van der Waals surface area contributed by atoms with Gasteiger partial charge in [-0.1, -0.05) is 6.07 Å². The summed E-state index contributed by atoms with van der Waals surface area (Å²) in [6, 6.07) is 7.83. The first-order valence-electron chi connectivity index (χ1n) is 10.4. The van der Waals surface area contributed by atoms with Crippen LogP contribution in [0.15, 0.2) is 36.7 Å². The van der Waals surface area contributed by atoms with Crippen molar-refractivity contribution in [3.63, 3.8) is 0 Å². The molecule has 8 nitrogen and oxygen atoms in total. The van der Waals surface area contributed by atoms with E-state index in [2.05, 4.69) is 4.98 Å². The average Bonchev–Trinajstić information content (AvgIpc) is 3.43. The maximum atomic E-state index is 13.3. The number of pyridine rings is 1. The van der Waals surface area contributed by atoms with E-state index in [9.17, 15) is 13.2 Å². The van der Waals surface area contributed by atoms with Gasteiger partial charge in [0.1, 0.15) is 15.7 Å². The lowest BCUT2D eigenvalue weighted by Gasteiger charge is -2.18. The lowest BCUT2D eigenvalue weighted by atomic mass is 9.99. The van der Waals surface area contributed by atoms with Gasteiger partial charge in [0.15, 0.2) is 0 Å². The minimum Gasteiger partial charge on any atom is -0.326 e. The molecule has 9 heteroatoms. The Hall–Kier alpha value is -2.78. The molecule has 2 aromatic heterocycles. The van der Waals surface area contributed by atoms with Gasteiger partial charge in [-0.05, 0) is 48.6 Å². The smallest absolute Gasteiger partial charge is 0.238 e. The van der Waals surface area contributed by atoms with Crippen LogP contribution in [0.5, 0.6) is 0 Å². The second-order valence-corrected chi connectivity index (χ2v) is 10.8. The van der Waals surface area contributed by atoms with Gasteiger partial charge in [0.2, 0.25) is 5.91 Å². The predicted molar refractivity (Wildman–Crippen MR) is 118 cm³/mol. The van der Waals surface area contributed by atoms with Crippen molar-refractivity contribution in [3.05, 3.63) is 53.6 Å². The molecule has 162 valence electrons. The average molecular weight is 440 g/mol. The molecule has 1 spiro atoms. The quantitative estimate of drug-likeness (QED) is 0.602. The van der Waals surface area contributed by atoms with Gasteiger partial charge < -0.3 is 15.2 Å². The Morgan fingerprint density at radius 2 is 2.03 bits per heavy atom. The number of carbonyl (C=O) groups excluding carboxylic acids is 1. The molecular weight excluding hydrogens is 414 g/mol. The van der Waals surface area contributed by atoms with Crippen LogP contribution in [-0.2, 0) is 39.7 Å². The van der Waals surface area contributed by atoms with Gasteiger partial charge in [0, 0.05) is 25.5 Å². The third kappa shape index (κ3) is 3.41. The van der Waals surface area contributed by atoms with E-state index in [-0.39, 0.29) is 11.7 Å². The summed E-state index contributed by atoms with van der Waals surface area (Å²) in [4.78, 5) is 24.1. The summed E-state index contributed by atoms with van der Waals surface area (Å²) in [5.74, 6) is 0.942. The van der Waals surface area contributed by atoms with Gasteiger partial charge in [-0.3, -0.25) is 9.78 Å². The van der Waals surface area contributed by atoms with Crippen LogP contribution in [0.3, 0.4) is 0 Å². The lowest BCUT2D eigenvalue weighted by Crippen LogP contribution is -2.32. The summed E-state index contributed by atoms with van der Waals surface area (Å²) in [6.07, 6.45) is 6.95. The summed E-state index contributed by atoms with van der Waals surface area (Å²) in [5, 5.41) is 0. The topological polar surface area (TPSA) is 111 Å². The second kappa shape index (κ2) is 7.13. The van der Waals surface area contributed by atoms with Crippen LogP contribution in [0.2, 0.25) is 0 Å². The van der Waals surface area contributed by atoms with Gasteiger partial charge in [-0.2, -0.15) is 0 Å². The molecule has 1 saturated carbocycles. The van der Waals surface area contributed by atoms with Gasteiger partial charge in [0.25, 0.3) is 0 Å². The zero-order valence-corrected chi connectivity index (χ0v) is 18.2. The van der Waals surface area contributed by atoms with E-state index in [0.29, 0.717) is 26.1 Å². The fraction of sp³-hybridized carbons (Fsp3) is 0.409. The van der Waals surface area contributed by atoms with Crippen molar-refractivity contribution in [1.82, 2.24) is 14.5 Å². The molecule has 5 rings (SSSR count). The van der Waals surface area contributed by atoms with E-state index in [0.717, 1.165) is 46.5 Å². The first-order chi connectivity index (χ1) is 14.8. The highest BCUT2D eigenvalue weighted by Gasteiger charge is 2.59. The predicted octanol–water partition coefficient (Wildman–Crippen LogP) is 1.90. The largest absolute Gasteiger partial charge is 0.326 e. The number of sulfone groups is 1. The number of carbonyl (C=O) groups is 1. The summed E-state index contributed by atoms with van der Waals surface area (Å²) in [6.45, 7) is 1.25. The van der Waals surface area contributed by atoms with Gasteiger partial charge in [0.05, 0.1) is 40.6 Å². The molecular formula is C22H25N5O3S. The van der Waals surface area contributed by atoms with E-state index in [1.54, 1.807) is 17.3 Å². The Labute approximate surface area is 181 Å². The van der Waals surface area contributed by atoms with Gasteiger partial charge in [-0.25, -0.2) is 13.4 Å². The third-order valence-electron chi connectivity index (χ3n) is 6.33. The lowest BCUT2D eigenvalue weighted by molar-refractivity contribution is -0.120. The van der Waals surface area contributed by atoms with Crippen LogP contribution in [0.1, 0.15) is 36.2 Å². The molecule has 2 aliphatic rings. The highest BCUT2D eigenvalue weighted by atomic mass is 32.2. The second-order valence-electron chi connectivity index (χ2n) is 8.56. The first kappa shape index (κ1) is 20.1. The fourth-order valence-corrected chi connectivity index (χ4v) is 5.26. The van der Waals surface area contributed by atoms with Gasteiger partial charge in [-0.15, -0.1) is 0 Å². The Balaban J connectivity index is 1.53. The molecule has 3 heterocycles. The van der Waals surface area contributed by atoms with E-state index in [1.807, 2.05) is 28.8 Å². The molecule has 0 atom stereocenters. The minimum absolute atomic E-state index is 0.103. The van der Waals surface area contributed by atoms with Gasteiger partial charge >= 0.3 is 0 Å². The van der Waals surface area contributed by atoms with Crippen molar-refractivity contribution in [2.24, 2.45) is 5.73 Å². The van der Waals surface area contributed by atoms with Crippen LogP contribution in [0, 0.1) is 0 Å². The molecule has 2 N–H and O–H groups in total. The molecule has 0 saturated heterocycles.